The summed E-state index contributed by atoms with van der Waals surface area (Å²) in [7, 11) is 0. The number of nitrogens with zero attached hydrogens (tertiary/aromatic N) is 1. The van der Waals surface area contributed by atoms with E-state index in [2.05, 4.69) is 85.0 Å². The van der Waals surface area contributed by atoms with E-state index in [0.29, 0.717) is 31.1 Å². The number of hydrogen-bond donors (Lipinski definition) is 2. The summed E-state index contributed by atoms with van der Waals surface area (Å²) < 4.78 is 0. The number of piperidine rings is 1. The van der Waals surface area contributed by atoms with Crippen LogP contribution in [-0.4, -0.2) is 41.5 Å². The van der Waals surface area contributed by atoms with Gasteiger partial charge in [-0.1, -0.05) is 72.8 Å². The average Bonchev–Trinajstić information content (AvgIpc) is 2.89. The van der Waals surface area contributed by atoms with Gasteiger partial charge in [-0.25, -0.2) is 0 Å². The fourth-order valence-electron chi connectivity index (χ4n) is 5.38. The molecule has 1 aliphatic rings. The quantitative estimate of drug-likeness (QED) is 0.368. The number of carbonyl (C=O) groups excluding carboxylic acids is 1. The largest absolute Gasteiger partial charge is 0.481 e. The van der Waals surface area contributed by atoms with E-state index in [9.17, 15) is 9.59 Å². The molecule has 0 aliphatic carbocycles. The molecular weight excluding hydrogens is 436 g/mol. The molecule has 3 aromatic carbocycles. The van der Waals surface area contributed by atoms with Crippen molar-refractivity contribution in [3.63, 3.8) is 0 Å². The number of unbranched alkanes of at least 4 members (excludes halogenated alkanes) is 1. The Bertz CT molecular complexity index is 1130. The summed E-state index contributed by atoms with van der Waals surface area (Å²) in [6, 6.07) is 25.8. The zero-order valence-corrected chi connectivity index (χ0v) is 20.5. The van der Waals surface area contributed by atoms with Crippen LogP contribution in [0.5, 0.6) is 0 Å². The van der Waals surface area contributed by atoms with Gasteiger partial charge in [-0.3, -0.25) is 9.59 Å². The van der Waals surface area contributed by atoms with E-state index < -0.39 is 5.97 Å². The predicted molar refractivity (Wildman–Crippen MR) is 140 cm³/mol. The molecule has 0 radical (unpaired) electrons. The number of likely N-dealkylation sites (tertiary alicyclic amines) is 1. The number of carboxylic acid groups (broad SMARTS) is 1. The second-order valence-corrected chi connectivity index (χ2v) is 9.70. The third-order valence-electron chi connectivity index (χ3n) is 7.32. The first-order valence-corrected chi connectivity index (χ1v) is 12.8. The van der Waals surface area contributed by atoms with Crippen molar-refractivity contribution in [2.45, 2.75) is 51.0 Å². The minimum absolute atomic E-state index is 0.127. The van der Waals surface area contributed by atoms with Gasteiger partial charge in [0.2, 0.25) is 5.91 Å². The Balaban J connectivity index is 1.44. The summed E-state index contributed by atoms with van der Waals surface area (Å²) in [4.78, 5) is 25.6. The molecule has 1 heterocycles. The second kappa shape index (κ2) is 12.0. The lowest BCUT2D eigenvalue weighted by atomic mass is 9.80. The van der Waals surface area contributed by atoms with Crippen molar-refractivity contribution in [1.29, 1.82) is 0 Å². The van der Waals surface area contributed by atoms with Crippen molar-refractivity contribution >= 4 is 22.6 Å². The lowest BCUT2D eigenvalue weighted by molar-refractivity contribution is -0.138. The van der Waals surface area contributed by atoms with Crippen molar-refractivity contribution in [3.05, 3.63) is 83.9 Å². The number of amides is 1. The zero-order chi connectivity index (χ0) is 24.6. The van der Waals surface area contributed by atoms with Gasteiger partial charge in [-0.2, -0.15) is 0 Å². The summed E-state index contributed by atoms with van der Waals surface area (Å²) in [6.07, 6.45) is 2.68. The van der Waals surface area contributed by atoms with Crippen LogP contribution in [0.4, 0.5) is 0 Å². The van der Waals surface area contributed by atoms with Gasteiger partial charge in [0.15, 0.2) is 0 Å². The van der Waals surface area contributed by atoms with E-state index in [1.807, 2.05) is 4.90 Å². The van der Waals surface area contributed by atoms with Crippen LogP contribution >= 0.6 is 0 Å². The van der Waals surface area contributed by atoms with Crippen LogP contribution in [0.25, 0.3) is 10.8 Å². The molecule has 0 aromatic heterocycles. The molecule has 35 heavy (non-hydrogen) atoms. The number of carboxylic acids is 1. The van der Waals surface area contributed by atoms with Crippen molar-refractivity contribution in [1.82, 2.24) is 10.2 Å². The Morgan fingerprint density at radius 3 is 2.49 bits per heavy atom. The predicted octanol–water partition coefficient (Wildman–Crippen LogP) is 5.77. The first kappa shape index (κ1) is 24.9. The number of carbonyl (C=O) groups is 2. The molecule has 3 atom stereocenters. The van der Waals surface area contributed by atoms with Crippen LogP contribution in [0.15, 0.2) is 72.8 Å². The van der Waals surface area contributed by atoms with Crippen LogP contribution in [0.3, 0.4) is 0 Å². The van der Waals surface area contributed by atoms with Gasteiger partial charge in [0.05, 0.1) is 0 Å². The van der Waals surface area contributed by atoms with Gasteiger partial charge in [0.25, 0.3) is 0 Å². The smallest absolute Gasteiger partial charge is 0.303 e. The van der Waals surface area contributed by atoms with Crippen molar-refractivity contribution < 1.29 is 14.7 Å². The number of rotatable bonds is 10. The van der Waals surface area contributed by atoms with Gasteiger partial charge in [-0.15, -0.1) is 0 Å². The Labute approximate surface area is 208 Å². The number of aliphatic carboxylic acids is 1. The molecule has 1 fully saturated rings. The molecule has 5 heteroatoms. The third kappa shape index (κ3) is 6.49. The number of fused-ring (bicyclic) bond motifs is 1. The van der Waals surface area contributed by atoms with Crippen molar-refractivity contribution in [2.24, 2.45) is 5.92 Å². The van der Waals surface area contributed by atoms with E-state index in [0.717, 1.165) is 26.1 Å². The van der Waals surface area contributed by atoms with Crippen LogP contribution in [-0.2, 0) is 9.59 Å². The molecule has 184 valence electrons. The molecule has 2 N–H and O–H groups in total. The minimum Gasteiger partial charge on any atom is -0.481 e. The van der Waals surface area contributed by atoms with Gasteiger partial charge in [0, 0.05) is 38.5 Å². The highest BCUT2D eigenvalue weighted by molar-refractivity contribution is 5.86. The van der Waals surface area contributed by atoms with Gasteiger partial charge in [0.1, 0.15) is 0 Å². The van der Waals surface area contributed by atoms with Gasteiger partial charge >= 0.3 is 5.97 Å². The molecule has 0 spiro atoms. The zero-order valence-electron chi connectivity index (χ0n) is 20.5. The molecule has 3 aromatic rings. The fraction of sp³-hybridized carbons (Fsp3) is 0.400. The molecule has 0 saturated carbocycles. The third-order valence-corrected chi connectivity index (χ3v) is 7.32. The van der Waals surface area contributed by atoms with Crippen LogP contribution < -0.4 is 5.32 Å². The van der Waals surface area contributed by atoms with Crippen LogP contribution in [0, 0.1) is 5.92 Å². The van der Waals surface area contributed by atoms with Crippen LogP contribution in [0.2, 0.25) is 0 Å². The van der Waals surface area contributed by atoms with E-state index in [4.69, 9.17) is 5.11 Å². The van der Waals surface area contributed by atoms with Crippen molar-refractivity contribution in [3.8, 4) is 0 Å². The number of nitrogens with one attached hydrogen (secondary N) is 1. The summed E-state index contributed by atoms with van der Waals surface area (Å²) >= 11 is 0. The summed E-state index contributed by atoms with van der Waals surface area (Å²) in [5.74, 6) is 0.0626. The minimum atomic E-state index is -0.799. The number of hydrogen-bond acceptors (Lipinski definition) is 3. The molecule has 5 nitrogen and oxygen atoms in total. The highest BCUT2D eigenvalue weighted by Gasteiger charge is 2.32. The van der Waals surface area contributed by atoms with E-state index >= 15 is 0 Å². The molecule has 4 rings (SSSR count). The summed E-state index contributed by atoms with van der Waals surface area (Å²) in [6.45, 7) is 4.53. The fourth-order valence-corrected chi connectivity index (χ4v) is 5.38. The average molecular weight is 473 g/mol. The maximum atomic E-state index is 12.9. The van der Waals surface area contributed by atoms with E-state index in [-0.39, 0.29) is 18.4 Å². The molecule has 1 saturated heterocycles. The topological polar surface area (TPSA) is 69.6 Å². The molecule has 0 bridgehead atoms. The Hall–Kier alpha value is -3.18. The highest BCUT2D eigenvalue weighted by Crippen LogP contribution is 2.34. The normalized spacial score (nSPS) is 18.9. The maximum absolute atomic E-state index is 12.9. The standard InChI is InChI=1S/C30H36N2O3/c1-22(26-15-9-13-24-12-5-6-14-28(24)26)31-20-25-21-32(29(33)16-7-8-17-30(34)35)19-18-27(25)23-10-3-2-4-11-23/h2-6,9-15,22,25,27,31H,7-8,16-21H2,1H3,(H,34,35)/t22-,25?,27?/m1/s1. The maximum Gasteiger partial charge on any atom is 0.303 e. The number of benzene rings is 3. The monoisotopic (exact) mass is 472 g/mol. The second-order valence-electron chi connectivity index (χ2n) is 9.70. The first-order valence-electron chi connectivity index (χ1n) is 12.8. The summed E-state index contributed by atoms with van der Waals surface area (Å²) in [5, 5.41) is 15.1. The van der Waals surface area contributed by atoms with Gasteiger partial charge in [-0.05, 0) is 59.9 Å². The Kier molecular flexibility index (Phi) is 8.54. The molecule has 2 unspecified atom stereocenters. The highest BCUT2D eigenvalue weighted by atomic mass is 16.4. The summed E-state index contributed by atoms with van der Waals surface area (Å²) in [5.41, 5.74) is 2.63. The Morgan fingerprint density at radius 1 is 0.971 bits per heavy atom. The molecular formula is C30H36N2O3. The van der Waals surface area contributed by atoms with E-state index in [1.165, 1.54) is 21.9 Å². The van der Waals surface area contributed by atoms with Gasteiger partial charge < -0.3 is 15.3 Å². The van der Waals surface area contributed by atoms with Crippen molar-refractivity contribution in [2.75, 3.05) is 19.6 Å². The first-order chi connectivity index (χ1) is 17.0. The Morgan fingerprint density at radius 2 is 1.69 bits per heavy atom. The molecule has 1 aliphatic heterocycles. The molecule has 1 amide bonds. The van der Waals surface area contributed by atoms with E-state index in [1.54, 1.807) is 0 Å². The van der Waals surface area contributed by atoms with Crippen LogP contribution in [0.1, 0.15) is 62.1 Å². The lowest BCUT2D eigenvalue weighted by Gasteiger charge is -2.39. The lowest BCUT2D eigenvalue weighted by Crippen LogP contribution is -2.46. The SMILES string of the molecule is C[C@@H](NCC1CN(C(=O)CCCCC(=O)O)CCC1c1ccccc1)c1cccc2ccccc12.